The van der Waals surface area contributed by atoms with Crippen LogP contribution in [0, 0.1) is 0 Å². The topological polar surface area (TPSA) is 70.2 Å². The van der Waals surface area contributed by atoms with Crippen LogP contribution in [0.5, 0.6) is 0 Å². The first-order valence-corrected chi connectivity index (χ1v) is 8.10. The number of hydrogen-bond donors (Lipinski definition) is 3. The molecule has 2 aromatic rings. The van der Waals surface area contributed by atoms with Crippen LogP contribution in [0.2, 0.25) is 5.02 Å². The van der Waals surface area contributed by atoms with E-state index in [9.17, 15) is 9.59 Å². The summed E-state index contributed by atoms with van der Waals surface area (Å²) < 4.78 is 0. The number of thiocarbonyl (C=S) groups is 1. The second-order valence-corrected chi connectivity index (χ2v) is 5.99. The Morgan fingerprint density at radius 3 is 2.61 bits per heavy atom. The summed E-state index contributed by atoms with van der Waals surface area (Å²) in [5, 5.41) is 4.73. The van der Waals surface area contributed by atoms with Crippen molar-refractivity contribution in [2.45, 2.75) is 0 Å². The fourth-order valence-electron chi connectivity index (χ4n) is 1.54. The van der Waals surface area contributed by atoms with Crippen molar-refractivity contribution in [3.63, 3.8) is 0 Å². The Morgan fingerprint density at radius 2 is 1.91 bits per heavy atom. The molecule has 0 aliphatic carbocycles. The number of rotatable bonds is 3. The second-order valence-electron chi connectivity index (χ2n) is 4.23. The average molecular weight is 366 g/mol. The molecule has 0 saturated heterocycles. The largest absolute Gasteiger partial charge is 0.298 e. The highest BCUT2D eigenvalue weighted by Gasteiger charge is 2.07. The van der Waals surface area contributed by atoms with E-state index in [1.54, 1.807) is 41.8 Å². The number of hydrogen-bond acceptors (Lipinski definition) is 4. The fraction of sp³-hybridized carbons (Fsp3) is 0. The van der Waals surface area contributed by atoms with Crippen LogP contribution in [0.25, 0.3) is 6.08 Å². The first kappa shape index (κ1) is 17.1. The predicted octanol–water partition coefficient (Wildman–Crippen LogP) is 2.75. The smallest absolute Gasteiger partial charge is 0.279 e. The van der Waals surface area contributed by atoms with Gasteiger partial charge < -0.3 is 0 Å². The average Bonchev–Trinajstić information content (AvgIpc) is 3.06. The van der Waals surface area contributed by atoms with Crippen LogP contribution in [-0.4, -0.2) is 16.9 Å². The van der Waals surface area contributed by atoms with E-state index in [-0.39, 0.29) is 11.0 Å². The molecule has 3 N–H and O–H groups in total. The number of thiophene rings is 1. The first-order chi connectivity index (χ1) is 11.1. The Kier molecular flexibility index (Phi) is 6.28. The van der Waals surface area contributed by atoms with Crippen LogP contribution < -0.4 is 16.2 Å². The highest BCUT2D eigenvalue weighted by Crippen LogP contribution is 2.15. The molecule has 0 unspecified atom stereocenters. The molecule has 23 heavy (non-hydrogen) atoms. The van der Waals surface area contributed by atoms with Crippen molar-refractivity contribution in [2.24, 2.45) is 0 Å². The molecule has 0 aliphatic rings. The van der Waals surface area contributed by atoms with E-state index in [0.717, 1.165) is 0 Å². The molecular weight excluding hydrogens is 354 g/mol. The molecule has 1 heterocycles. The van der Waals surface area contributed by atoms with Gasteiger partial charge in [-0.05, 0) is 41.4 Å². The van der Waals surface area contributed by atoms with E-state index in [4.69, 9.17) is 23.8 Å². The van der Waals surface area contributed by atoms with Crippen molar-refractivity contribution in [2.75, 3.05) is 0 Å². The second kappa shape index (κ2) is 8.42. The third-order valence-corrected chi connectivity index (χ3v) is 4.01. The minimum atomic E-state index is -0.437. The molecular formula is C15H12ClN3O2S2. The lowest BCUT2D eigenvalue weighted by Crippen LogP contribution is -2.48. The Balaban J connectivity index is 1.80. The lowest BCUT2D eigenvalue weighted by Gasteiger charge is -2.08. The molecule has 1 aromatic heterocycles. The predicted molar refractivity (Wildman–Crippen MR) is 96.1 cm³/mol. The molecule has 0 saturated carbocycles. The lowest BCUT2D eigenvalue weighted by atomic mass is 10.2. The first-order valence-electron chi connectivity index (χ1n) is 6.43. The van der Waals surface area contributed by atoms with E-state index in [2.05, 4.69) is 16.2 Å². The zero-order valence-corrected chi connectivity index (χ0v) is 14.1. The van der Waals surface area contributed by atoms with Gasteiger partial charge in [-0.1, -0.05) is 35.9 Å². The van der Waals surface area contributed by atoms with E-state index >= 15 is 0 Å². The molecule has 0 aliphatic heterocycles. The summed E-state index contributed by atoms with van der Waals surface area (Å²) in [7, 11) is 0. The maximum atomic E-state index is 11.7. The minimum absolute atomic E-state index is 0.0104. The normalized spacial score (nSPS) is 10.3. The van der Waals surface area contributed by atoms with E-state index in [1.807, 2.05) is 6.07 Å². The summed E-state index contributed by atoms with van der Waals surface area (Å²) in [6.45, 7) is 0. The minimum Gasteiger partial charge on any atom is -0.298 e. The Hall–Kier alpha value is -2.22. The number of nitrogens with one attached hydrogen (secondary N) is 3. The molecule has 1 aromatic carbocycles. The van der Waals surface area contributed by atoms with Gasteiger partial charge in [-0.25, -0.2) is 0 Å². The fourth-order valence-corrected chi connectivity index (χ4v) is 2.51. The van der Waals surface area contributed by atoms with Gasteiger partial charge in [-0.2, -0.15) is 0 Å². The Morgan fingerprint density at radius 1 is 1.13 bits per heavy atom. The molecule has 0 fully saturated rings. The van der Waals surface area contributed by atoms with Crippen molar-refractivity contribution in [3.05, 3.63) is 63.3 Å². The number of benzene rings is 1. The number of amides is 2. The van der Waals surface area contributed by atoms with Gasteiger partial charge in [0.2, 0.25) is 5.91 Å². The number of halogens is 1. The van der Waals surface area contributed by atoms with E-state index in [0.29, 0.717) is 15.5 Å². The van der Waals surface area contributed by atoms with Crippen molar-refractivity contribution in [1.82, 2.24) is 16.2 Å². The van der Waals surface area contributed by atoms with Gasteiger partial charge in [0.05, 0.1) is 4.88 Å². The van der Waals surface area contributed by atoms with Gasteiger partial charge in [0.1, 0.15) is 0 Å². The summed E-state index contributed by atoms with van der Waals surface area (Å²) >= 11 is 12.2. The van der Waals surface area contributed by atoms with E-state index in [1.165, 1.54) is 17.4 Å². The summed E-state index contributed by atoms with van der Waals surface area (Å²) in [5.74, 6) is -0.768. The molecule has 2 rings (SSSR count). The lowest BCUT2D eigenvalue weighted by molar-refractivity contribution is -0.115. The quantitative estimate of drug-likeness (QED) is 0.444. The van der Waals surface area contributed by atoms with E-state index < -0.39 is 5.91 Å². The summed E-state index contributed by atoms with van der Waals surface area (Å²) in [5.41, 5.74) is 5.57. The molecule has 2 amide bonds. The van der Waals surface area contributed by atoms with Crippen LogP contribution >= 0.6 is 35.2 Å². The van der Waals surface area contributed by atoms with Gasteiger partial charge in [-0.15, -0.1) is 11.3 Å². The van der Waals surface area contributed by atoms with Crippen molar-refractivity contribution in [3.8, 4) is 0 Å². The van der Waals surface area contributed by atoms with Gasteiger partial charge in [0.15, 0.2) is 5.11 Å². The number of carbonyl (C=O) groups is 2. The molecule has 0 radical (unpaired) electrons. The molecule has 0 bridgehead atoms. The van der Waals surface area contributed by atoms with Crippen LogP contribution in [0.15, 0.2) is 47.9 Å². The van der Waals surface area contributed by atoms with Crippen LogP contribution in [0.3, 0.4) is 0 Å². The maximum Gasteiger partial charge on any atom is 0.279 e. The van der Waals surface area contributed by atoms with Crippen molar-refractivity contribution >= 4 is 58.2 Å². The van der Waals surface area contributed by atoms with Gasteiger partial charge in [-0.3, -0.25) is 25.8 Å². The Bertz CT molecular complexity index is 745. The Labute approximate surface area is 147 Å². The molecule has 118 valence electrons. The zero-order valence-electron chi connectivity index (χ0n) is 11.7. The molecule has 8 heteroatoms. The number of carbonyl (C=O) groups excluding carboxylic acids is 2. The van der Waals surface area contributed by atoms with Gasteiger partial charge in [0, 0.05) is 11.1 Å². The van der Waals surface area contributed by atoms with Gasteiger partial charge in [0.25, 0.3) is 5.91 Å². The van der Waals surface area contributed by atoms with Crippen LogP contribution in [0.4, 0.5) is 0 Å². The van der Waals surface area contributed by atoms with Crippen LogP contribution in [0.1, 0.15) is 15.2 Å². The maximum absolute atomic E-state index is 11.7. The molecule has 5 nitrogen and oxygen atoms in total. The third kappa shape index (κ3) is 5.48. The SMILES string of the molecule is O=C(/C=C/c1ccccc1Cl)NC(=S)NNC(=O)c1cccs1. The van der Waals surface area contributed by atoms with Crippen molar-refractivity contribution < 1.29 is 9.59 Å². The highest BCUT2D eigenvalue weighted by molar-refractivity contribution is 7.80. The van der Waals surface area contributed by atoms with Gasteiger partial charge >= 0.3 is 0 Å². The zero-order chi connectivity index (χ0) is 16.7. The molecule has 0 atom stereocenters. The van der Waals surface area contributed by atoms with Crippen LogP contribution in [-0.2, 0) is 4.79 Å². The summed E-state index contributed by atoms with van der Waals surface area (Å²) in [4.78, 5) is 23.9. The van der Waals surface area contributed by atoms with Crippen molar-refractivity contribution in [1.29, 1.82) is 0 Å². The standard InChI is InChI=1S/C15H12ClN3O2S2/c16-11-5-2-1-4-10(11)7-8-13(20)17-15(22)19-18-14(21)12-6-3-9-23-12/h1-9H,(H,18,21)(H2,17,19,20,22)/b8-7+. The number of hydrazine groups is 1. The third-order valence-electron chi connectivity index (χ3n) is 2.59. The summed E-state index contributed by atoms with van der Waals surface area (Å²) in [6, 6.07) is 10.6. The summed E-state index contributed by atoms with van der Waals surface area (Å²) in [6.07, 6.45) is 2.88. The monoisotopic (exact) mass is 365 g/mol. The highest BCUT2D eigenvalue weighted by atomic mass is 35.5. The molecule has 0 spiro atoms.